The molecule has 1 aliphatic heterocycles. The molecule has 1 aromatic rings. The standard InChI is InChI=1S/C12H15F2NO4S2/c1-2-15(9-6-7-20(16,17)8-9)21(18,19)12-10(13)4-3-5-11(12)14/h3-5,9H,2,6-8H2,1H3/t9-/m0/s1. The topological polar surface area (TPSA) is 71.5 Å². The Morgan fingerprint density at radius 1 is 1.29 bits per heavy atom. The molecule has 118 valence electrons. The van der Waals surface area contributed by atoms with Crippen LogP contribution >= 0.6 is 0 Å². The van der Waals surface area contributed by atoms with Crippen LogP contribution in [0.25, 0.3) is 0 Å². The summed E-state index contributed by atoms with van der Waals surface area (Å²) < 4.78 is 76.2. The molecule has 0 bridgehead atoms. The molecule has 0 spiro atoms. The Bertz CT molecular complexity index is 726. The Morgan fingerprint density at radius 2 is 1.86 bits per heavy atom. The number of halogens is 2. The Hall–Kier alpha value is -1.06. The molecule has 1 saturated heterocycles. The molecule has 0 aliphatic carbocycles. The van der Waals surface area contributed by atoms with Crippen LogP contribution in [0.2, 0.25) is 0 Å². The molecule has 1 heterocycles. The van der Waals surface area contributed by atoms with Crippen molar-refractivity contribution in [3.05, 3.63) is 29.8 Å². The second-order valence-electron chi connectivity index (χ2n) is 4.82. The number of sulfonamides is 1. The number of hydrogen-bond donors (Lipinski definition) is 0. The normalized spacial score (nSPS) is 21.8. The summed E-state index contributed by atoms with van der Waals surface area (Å²) in [6.07, 6.45) is 0.130. The molecule has 2 rings (SSSR count). The minimum Gasteiger partial charge on any atom is -0.229 e. The number of rotatable bonds is 4. The van der Waals surface area contributed by atoms with Gasteiger partial charge in [0, 0.05) is 12.6 Å². The van der Waals surface area contributed by atoms with Crippen LogP contribution in [-0.4, -0.2) is 45.2 Å². The first-order chi connectivity index (χ1) is 9.69. The molecule has 0 saturated carbocycles. The molecule has 0 radical (unpaired) electrons. The lowest BCUT2D eigenvalue weighted by Gasteiger charge is -2.26. The van der Waals surface area contributed by atoms with Gasteiger partial charge in [0.2, 0.25) is 10.0 Å². The van der Waals surface area contributed by atoms with Crippen molar-refractivity contribution in [3.8, 4) is 0 Å². The highest BCUT2D eigenvalue weighted by Crippen LogP contribution is 2.27. The molecule has 5 nitrogen and oxygen atoms in total. The Kier molecular flexibility index (Phi) is 4.36. The molecule has 1 fully saturated rings. The van der Waals surface area contributed by atoms with Crippen molar-refractivity contribution >= 4 is 19.9 Å². The van der Waals surface area contributed by atoms with Gasteiger partial charge in [-0.15, -0.1) is 0 Å². The van der Waals surface area contributed by atoms with Crippen LogP contribution in [0.1, 0.15) is 13.3 Å². The SMILES string of the molecule is CCN([C@H]1CCS(=O)(=O)C1)S(=O)(=O)c1c(F)cccc1F. The number of nitrogens with zero attached hydrogens (tertiary/aromatic N) is 1. The maximum Gasteiger partial charge on any atom is 0.249 e. The van der Waals surface area contributed by atoms with Gasteiger partial charge < -0.3 is 0 Å². The van der Waals surface area contributed by atoms with E-state index in [1.165, 1.54) is 6.92 Å². The van der Waals surface area contributed by atoms with Crippen LogP contribution in [0.4, 0.5) is 8.78 Å². The van der Waals surface area contributed by atoms with Gasteiger partial charge in [-0.05, 0) is 18.6 Å². The maximum atomic E-state index is 13.7. The third-order valence-corrected chi connectivity index (χ3v) is 7.24. The monoisotopic (exact) mass is 339 g/mol. The van der Waals surface area contributed by atoms with E-state index in [9.17, 15) is 25.6 Å². The maximum absolute atomic E-state index is 13.7. The van der Waals surface area contributed by atoms with Crippen molar-refractivity contribution in [2.45, 2.75) is 24.3 Å². The second-order valence-corrected chi connectivity index (χ2v) is 8.87. The summed E-state index contributed by atoms with van der Waals surface area (Å²) in [7, 11) is -7.73. The van der Waals surface area contributed by atoms with Crippen molar-refractivity contribution in [1.29, 1.82) is 0 Å². The summed E-state index contributed by atoms with van der Waals surface area (Å²) in [5, 5.41) is 0. The highest BCUT2D eigenvalue weighted by Gasteiger charge is 2.39. The molecule has 0 aromatic heterocycles. The average molecular weight is 339 g/mol. The van der Waals surface area contributed by atoms with Gasteiger partial charge in [0.25, 0.3) is 0 Å². The Balaban J connectivity index is 2.46. The summed E-state index contributed by atoms with van der Waals surface area (Å²) in [6, 6.07) is 1.99. The van der Waals surface area contributed by atoms with E-state index in [2.05, 4.69) is 0 Å². The Morgan fingerprint density at radius 3 is 2.29 bits per heavy atom. The first-order valence-corrected chi connectivity index (χ1v) is 9.61. The quantitative estimate of drug-likeness (QED) is 0.825. The summed E-state index contributed by atoms with van der Waals surface area (Å²) in [4.78, 5) is -1.03. The zero-order valence-electron chi connectivity index (χ0n) is 11.3. The van der Waals surface area contributed by atoms with Gasteiger partial charge in [-0.1, -0.05) is 13.0 Å². The molecular weight excluding hydrogens is 324 g/mol. The molecule has 0 unspecified atom stereocenters. The van der Waals surface area contributed by atoms with Gasteiger partial charge in [0.1, 0.15) is 11.6 Å². The molecule has 1 aromatic carbocycles. The van der Waals surface area contributed by atoms with Crippen LogP contribution in [-0.2, 0) is 19.9 Å². The lowest BCUT2D eigenvalue weighted by atomic mass is 10.3. The van der Waals surface area contributed by atoms with E-state index in [-0.39, 0.29) is 24.5 Å². The zero-order valence-corrected chi connectivity index (χ0v) is 12.9. The average Bonchev–Trinajstić information content (AvgIpc) is 2.69. The number of hydrogen-bond acceptors (Lipinski definition) is 4. The molecule has 0 amide bonds. The smallest absolute Gasteiger partial charge is 0.229 e. The molecule has 1 atom stereocenters. The van der Waals surface area contributed by atoms with E-state index in [1.54, 1.807) is 0 Å². The second kappa shape index (κ2) is 5.62. The summed E-state index contributed by atoms with van der Waals surface area (Å²) in [5.74, 6) is -2.82. The highest BCUT2D eigenvalue weighted by molar-refractivity contribution is 7.92. The van der Waals surface area contributed by atoms with Gasteiger partial charge in [-0.25, -0.2) is 25.6 Å². The van der Waals surface area contributed by atoms with E-state index in [1.807, 2.05) is 0 Å². The zero-order chi connectivity index (χ0) is 15.8. The van der Waals surface area contributed by atoms with Gasteiger partial charge in [-0.3, -0.25) is 0 Å². The third-order valence-electron chi connectivity index (χ3n) is 3.41. The van der Waals surface area contributed by atoms with E-state index in [0.29, 0.717) is 0 Å². The van der Waals surface area contributed by atoms with Crippen LogP contribution in [0, 0.1) is 11.6 Å². The van der Waals surface area contributed by atoms with E-state index in [0.717, 1.165) is 22.5 Å². The predicted octanol–water partition coefficient (Wildman–Crippen LogP) is 1.16. The fourth-order valence-corrected chi connectivity index (χ4v) is 6.07. The van der Waals surface area contributed by atoms with Crippen LogP contribution in [0.5, 0.6) is 0 Å². The van der Waals surface area contributed by atoms with Crippen LogP contribution in [0.3, 0.4) is 0 Å². The van der Waals surface area contributed by atoms with Gasteiger partial charge >= 0.3 is 0 Å². The lowest BCUT2D eigenvalue weighted by Crippen LogP contribution is -2.41. The Labute approximate surface area is 122 Å². The van der Waals surface area contributed by atoms with Crippen molar-refractivity contribution in [2.75, 3.05) is 18.1 Å². The van der Waals surface area contributed by atoms with Gasteiger partial charge in [0.05, 0.1) is 11.5 Å². The van der Waals surface area contributed by atoms with Gasteiger partial charge in [-0.2, -0.15) is 4.31 Å². The molecule has 21 heavy (non-hydrogen) atoms. The minimum absolute atomic E-state index is 0.0592. The van der Waals surface area contributed by atoms with Crippen molar-refractivity contribution in [3.63, 3.8) is 0 Å². The van der Waals surface area contributed by atoms with E-state index in [4.69, 9.17) is 0 Å². The summed E-state index contributed by atoms with van der Waals surface area (Å²) in [5.41, 5.74) is 0. The van der Waals surface area contributed by atoms with E-state index < -0.39 is 42.4 Å². The van der Waals surface area contributed by atoms with Gasteiger partial charge in [0.15, 0.2) is 14.7 Å². The number of benzene rings is 1. The highest BCUT2D eigenvalue weighted by atomic mass is 32.2. The first kappa shape index (κ1) is 16.3. The predicted molar refractivity (Wildman–Crippen MR) is 73.0 cm³/mol. The largest absolute Gasteiger partial charge is 0.249 e. The molecule has 1 aliphatic rings. The van der Waals surface area contributed by atoms with Crippen molar-refractivity contribution in [1.82, 2.24) is 4.31 Å². The number of sulfone groups is 1. The molecule has 9 heteroatoms. The fraction of sp³-hybridized carbons (Fsp3) is 0.500. The fourth-order valence-electron chi connectivity index (χ4n) is 2.47. The minimum atomic E-state index is -4.43. The van der Waals surface area contributed by atoms with Crippen LogP contribution < -0.4 is 0 Å². The molecular formula is C12H15F2NO4S2. The summed E-state index contributed by atoms with van der Waals surface area (Å²) in [6.45, 7) is 1.44. The first-order valence-electron chi connectivity index (χ1n) is 6.35. The lowest BCUT2D eigenvalue weighted by molar-refractivity contribution is 0.349. The van der Waals surface area contributed by atoms with Crippen molar-refractivity contribution < 1.29 is 25.6 Å². The third kappa shape index (κ3) is 3.09. The van der Waals surface area contributed by atoms with Crippen molar-refractivity contribution in [2.24, 2.45) is 0 Å². The van der Waals surface area contributed by atoms with E-state index >= 15 is 0 Å². The molecule has 0 N–H and O–H groups in total. The van der Waals surface area contributed by atoms with Crippen LogP contribution in [0.15, 0.2) is 23.1 Å². The summed E-state index contributed by atoms with van der Waals surface area (Å²) >= 11 is 0.